The van der Waals surface area contributed by atoms with Crippen LogP contribution in [0.5, 0.6) is 0 Å². The Labute approximate surface area is 92.3 Å². The molecule has 0 aromatic carbocycles. The third-order valence-corrected chi connectivity index (χ3v) is 2.19. The fraction of sp³-hybridized carbons (Fsp3) is 0.545. The van der Waals surface area contributed by atoms with Crippen molar-refractivity contribution in [2.75, 3.05) is 0 Å². The zero-order valence-electron chi connectivity index (χ0n) is 8.81. The van der Waals surface area contributed by atoms with Crippen molar-refractivity contribution < 1.29 is 0 Å². The van der Waals surface area contributed by atoms with Crippen LogP contribution >= 0.6 is 12.4 Å². The Balaban J connectivity index is 0.00000169. The third kappa shape index (κ3) is 4.58. The maximum atomic E-state index is 6.02. The van der Waals surface area contributed by atoms with Gasteiger partial charge in [0.1, 0.15) is 0 Å². The van der Waals surface area contributed by atoms with E-state index in [0.29, 0.717) is 0 Å². The van der Waals surface area contributed by atoms with Gasteiger partial charge in [-0.3, -0.25) is 4.98 Å². The second kappa shape index (κ2) is 6.80. The van der Waals surface area contributed by atoms with Gasteiger partial charge in [-0.1, -0.05) is 13.8 Å². The van der Waals surface area contributed by atoms with Crippen molar-refractivity contribution >= 4 is 12.4 Å². The molecule has 2 N–H and O–H groups in total. The van der Waals surface area contributed by atoms with E-state index < -0.39 is 0 Å². The number of hydrogen-bond donors (Lipinski definition) is 1. The lowest BCUT2D eigenvalue weighted by atomic mass is 9.99. The van der Waals surface area contributed by atoms with Gasteiger partial charge >= 0.3 is 0 Å². The molecule has 80 valence electrons. The summed E-state index contributed by atoms with van der Waals surface area (Å²) in [6, 6.07) is 4.15. The first-order valence-electron chi connectivity index (χ1n) is 4.85. The van der Waals surface area contributed by atoms with Crippen LogP contribution < -0.4 is 5.73 Å². The highest BCUT2D eigenvalue weighted by molar-refractivity contribution is 5.85. The average Bonchev–Trinajstić information content (AvgIpc) is 2.15. The summed E-state index contributed by atoms with van der Waals surface area (Å²) in [6.07, 6.45) is 5.83. The topological polar surface area (TPSA) is 38.9 Å². The summed E-state index contributed by atoms with van der Waals surface area (Å²) in [7, 11) is 0. The normalized spacial score (nSPS) is 12.3. The van der Waals surface area contributed by atoms with Crippen LogP contribution in [-0.4, -0.2) is 4.98 Å². The van der Waals surface area contributed by atoms with E-state index in [2.05, 4.69) is 18.8 Å². The molecular formula is C11H19ClN2. The molecular weight excluding hydrogens is 196 g/mol. The van der Waals surface area contributed by atoms with E-state index >= 15 is 0 Å². The molecule has 0 aliphatic carbocycles. The summed E-state index contributed by atoms with van der Waals surface area (Å²) >= 11 is 0. The van der Waals surface area contributed by atoms with Crippen LogP contribution in [0.2, 0.25) is 0 Å². The molecule has 1 heterocycles. The number of rotatable bonds is 4. The molecule has 1 aromatic heterocycles. The van der Waals surface area contributed by atoms with E-state index in [1.165, 1.54) is 12.0 Å². The van der Waals surface area contributed by atoms with Gasteiger partial charge in [0.05, 0.1) is 0 Å². The van der Waals surface area contributed by atoms with Gasteiger partial charge in [0, 0.05) is 18.4 Å². The fourth-order valence-corrected chi connectivity index (χ4v) is 1.29. The molecule has 0 radical (unpaired) electrons. The van der Waals surface area contributed by atoms with Gasteiger partial charge in [0.2, 0.25) is 0 Å². The van der Waals surface area contributed by atoms with Crippen molar-refractivity contribution in [3.8, 4) is 0 Å². The van der Waals surface area contributed by atoms with E-state index in [4.69, 9.17) is 5.73 Å². The molecule has 0 saturated heterocycles. The minimum atomic E-state index is 0. The molecule has 3 heteroatoms. The predicted octanol–water partition coefficient (Wildman–Crippen LogP) is 2.94. The molecule has 0 aliphatic rings. The Morgan fingerprint density at radius 3 is 2.29 bits per heavy atom. The van der Waals surface area contributed by atoms with Crippen molar-refractivity contribution in [3.05, 3.63) is 30.1 Å². The Hall–Kier alpha value is -0.600. The quantitative estimate of drug-likeness (QED) is 0.837. The molecule has 1 atom stereocenters. The van der Waals surface area contributed by atoms with Crippen LogP contribution in [0.25, 0.3) is 0 Å². The molecule has 14 heavy (non-hydrogen) atoms. The first-order valence-corrected chi connectivity index (χ1v) is 4.85. The van der Waals surface area contributed by atoms with Crippen molar-refractivity contribution in [3.63, 3.8) is 0 Å². The molecule has 1 aromatic rings. The predicted molar refractivity (Wildman–Crippen MR) is 62.5 cm³/mol. The van der Waals surface area contributed by atoms with Crippen molar-refractivity contribution in [1.29, 1.82) is 0 Å². The zero-order chi connectivity index (χ0) is 9.68. The van der Waals surface area contributed by atoms with Gasteiger partial charge in [0.15, 0.2) is 0 Å². The number of aromatic nitrogens is 1. The minimum Gasteiger partial charge on any atom is -0.324 e. The summed E-state index contributed by atoms with van der Waals surface area (Å²) in [6.45, 7) is 4.44. The van der Waals surface area contributed by atoms with Crippen LogP contribution in [0, 0.1) is 5.92 Å². The Bertz CT molecular complexity index is 236. The lowest BCUT2D eigenvalue weighted by molar-refractivity contribution is 0.507. The smallest absolute Gasteiger partial charge is 0.0296 e. The van der Waals surface area contributed by atoms with E-state index in [1.54, 1.807) is 12.4 Å². The minimum absolute atomic E-state index is 0. The highest BCUT2D eigenvalue weighted by Gasteiger charge is 2.05. The second-order valence-corrected chi connectivity index (χ2v) is 3.86. The van der Waals surface area contributed by atoms with E-state index in [1.807, 2.05) is 12.1 Å². The van der Waals surface area contributed by atoms with Crippen LogP contribution in [0.3, 0.4) is 0 Å². The maximum absolute atomic E-state index is 6.02. The van der Waals surface area contributed by atoms with E-state index in [9.17, 15) is 0 Å². The molecule has 0 saturated carbocycles. The molecule has 0 bridgehead atoms. The summed E-state index contributed by atoms with van der Waals surface area (Å²) in [5.74, 6) is 0.730. The second-order valence-electron chi connectivity index (χ2n) is 3.86. The number of pyridine rings is 1. The molecule has 0 spiro atoms. The van der Waals surface area contributed by atoms with Crippen LogP contribution in [-0.2, 0) is 0 Å². The summed E-state index contributed by atoms with van der Waals surface area (Å²) in [5, 5.41) is 0. The van der Waals surface area contributed by atoms with Crippen molar-refractivity contribution in [1.82, 2.24) is 4.98 Å². The monoisotopic (exact) mass is 214 g/mol. The standard InChI is InChI=1S/C11H18N2.ClH/c1-9(2)3-4-11(12)10-5-7-13-8-6-10;/h5-9,11H,3-4,12H2,1-2H3;1H/t11-;/m0./s1. The summed E-state index contributed by atoms with van der Waals surface area (Å²) in [5.41, 5.74) is 7.21. The van der Waals surface area contributed by atoms with Crippen LogP contribution in [0.4, 0.5) is 0 Å². The number of hydrogen-bond acceptors (Lipinski definition) is 2. The molecule has 1 rings (SSSR count). The fourth-order valence-electron chi connectivity index (χ4n) is 1.29. The molecule has 0 unspecified atom stereocenters. The third-order valence-electron chi connectivity index (χ3n) is 2.19. The van der Waals surface area contributed by atoms with E-state index in [0.717, 1.165) is 12.3 Å². The van der Waals surface area contributed by atoms with Crippen molar-refractivity contribution in [2.45, 2.75) is 32.7 Å². The first-order chi connectivity index (χ1) is 6.20. The number of nitrogens with two attached hydrogens (primary N) is 1. The van der Waals surface area contributed by atoms with E-state index in [-0.39, 0.29) is 18.4 Å². The van der Waals surface area contributed by atoms with Gasteiger partial charge in [-0.05, 0) is 36.5 Å². The Kier molecular flexibility index (Phi) is 6.50. The average molecular weight is 215 g/mol. The number of halogens is 1. The molecule has 2 nitrogen and oxygen atoms in total. The molecule has 0 amide bonds. The van der Waals surface area contributed by atoms with Gasteiger partial charge in [0.25, 0.3) is 0 Å². The van der Waals surface area contributed by atoms with Gasteiger partial charge < -0.3 is 5.73 Å². The maximum Gasteiger partial charge on any atom is 0.0296 e. The van der Waals surface area contributed by atoms with Gasteiger partial charge in [-0.25, -0.2) is 0 Å². The highest BCUT2D eigenvalue weighted by Crippen LogP contribution is 2.17. The SMILES string of the molecule is CC(C)CC[C@H](N)c1ccncc1.Cl. The summed E-state index contributed by atoms with van der Waals surface area (Å²) in [4.78, 5) is 3.97. The van der Waals surface area contributed by atoms with Crippen molar-refractivity contribution in [2.24, 2.45) is 11.7 Å². The molecule has 0 fully saturated rings. The molecule has 0 aliphatic heterocycles. The summed E-state index contributed by atoms with van der Waals surface area (Å²) < 4.78 is 0. The van der Waals surface area contributed by atoms with Crippen LogP contribution in [0.15, 0.2) is 24.5 Å². The first kappa shape index (κ1) is 13.4. The Morgan fingerprint density at radius 1 is 1.21 bits per heavy atom. The lowest BCUT2D eigenvalue weighted by Gasteiger charge is -2.12. The van der Waals surface area contributed by atoms with Crippen LogP contribution in [0.1, 0.15) is 38.3 Å². The zero-order valence-corrected chi connectivity index (χ0v) is 9.63. The van der Waals surface area contributed by atoms with Gasteiger partial charge in [-0.15, -0.1) is 12.4 Å². The Morgan fingerprint density at radius 2 is 1.79 bits per heavy atom. The largest absolute Gasteiger partial charge is 0.324 e. The highest BCUT2D eigenvalue weighted by atomic mass is 35.5. The number of nitrogens with zero attached hydrogens (tertiary/aromatic N) is 1. The van der Waals surface area contributed by atoms with Gasteiger partial charge in [-0.2, -0.15) is 0 Å². The lowest BCUT2D eigenvalue weighted by Crippen LogP contribution is -2.11.